The first-order chi connectivity index (χ1) is 15.8. The van der Waals surface area contributed by atoms with E-state index in [0.29, 0.717) is 17.2 Å². The lowest BCUT2D eigenvalue weighted by atomic mass is 10.0. The summed E-state index contributed by atoms with van der Waals surface area (Å²) in [5.41, 5.74) is 5.49. The molecule has 0 atom stereocenters. The Balaban J connectivity index is 1.46. The van der Waals surface area contributed by atoms with Crippen LogP contribution in [0.2, 0.25) is 0 Å². The minimum absolute atomic E-state index is 0.108. The van der Waals surface area contributed by atoms with Crippen LogP contribution in [-0.2, 0) is 5.75 Å². The molecule has 0 unspecified atom stereocenters. The number of benzene rings is 2. The summed E-state index contributed by atoms with van der Waals surface area (Å²) in [7, 11) is 0. The quantitative estimate of drug-likeness (QED) is 0.192. The molecule has 0 spiro atoms. The number of hydrogen-bond donors (Lipinski definition) is 2. The van der Waals surface area contributed by atoms with Gasteiger partial charge in [-0.1, -0.05) is 43.8 Å². The van der Waals surface area contributed by atoms with Gasteiger partial charge in [-0.2, -0.15) is 0 Å². The molecule has 2 aromatic carbocycles. The molecule has 4 aromatic rings. The molecular formula is C25H25N5O2S. The SMILES string of the molecule is Cc1cc(C)nc(SCc2ccc(C(=O)N=Nc3c(O)[nH]c4ccc(C(C)C)cc34)cc2)n1. The Morgan fingerprint density at radius 2 is 1.76 bits per heavy atom. The van der Waals surface area contributed by atoms with Crippen LogP contribution < -0.4 is 0 Å². The third-order valence-electron chi connectivity index (χ3n) is 5.21. The monoisotopic (exact) mass is 459 g/mol. The first-order valence-electron chi connectivity index (χ1n) is 10.6. The first kappa shape index (κ1) is 22.7. The van der Waals surface area contributed by atoms with Crippen LogP contribution in [0.3, 0.4) is 0 Å². The van der Waals surface area contributed by atoms with Crippen LogP contribution in [0.4, 0.5) is 5.69 Å². The molecule has 2 N–H and O–H groups in total. The van der Waals surface area contributed by atoms with Gasteiger partial charge in [-0.25, -0.2) is 9.97 Å². The van der Waals surface area contributed by atoms with Crippen molar-refractivity contribution in [2.45, 2.75) is 44.5 Å². The molecule has 0 aliphatic heterocycles. The maximum absolute atomic E-state index is 12.6. The van der Waals surface area contributed by atoms with E-state index in [0.717, 1.165) is 38.6 Å². The largest absolute Gasteiger partial charge is 0.493 e. The highest BCUT2D eigenvalue weighted by atomic mass is 32.2. The highest BCUT2D eigenvalue weighted by Crippen LogP contribution is 2.37. The zero-order valence-corrected chi connectivity index (χ0v) is 19.8. The fourth-order valence-corrected chi connectivity index (χ4v) is 4.35. The molecule has 0 saturated carbocycles. The Bertz CT molecular complexity index is 1320. The van der Waals surface area contributed by atoms with Crippen LogP contribution in [-0.4, -0.2) is 26.0 Å². The molecule has 2 heterocycles. The van der Waals surface area contributed by atoms with E-state index in [9.17, 15) is 9.90 Å². The lowest BCUT2D eigenvalue weighted by molar-refractivity contribution is 0.0995. The summed E-state index contributed by atoms with van der Waals surface area (Å²) in [6, 6.07) is 15.0. The molecule has 33 heavy (non-hydrogen) atoms. The number of carbonyl (C=O) groups is 1. The molecule has 0 saturated heterocycles. The molecule has 1 amide bonds. The van der Waals surface area contributed by atoms with Crippen molar-refractivity contribution < 1.29 is 9.90 Å². The van der Waals surface area contributed by atoms with Crippen molar-refractivity contribution in [3.63, 3.8) is 0 Å². The summed E-state index contributed by atoms with van der Waals surface area (Å²) in [5, 5.41) is 19.6. The Morgan fingerprint density at radius 3 is 2.42 bits per heavy atom. The topological polar surface area (TPSA) is 104 Å². The van der Waals surface area contributed by atoms with Crippen LogP contribution in [0, 0.1) is 13.8 Å². The molecule has 4 rings (SSSR count). The second-order valence-corrected chi connectivity index (χ2v) is 9.15. The van der Waals surface area contributed by atoms with Crippen LogP contribution in [0.25, 0.3) is 10.9 Å². The molecule has 168 valence electrons. The number of rotatable bonds is 6. The van der Waals surface area contributed by atoms with Gasteiger partial charge in [0, 0.05) is 28.1 Å². The summed E-state index contributed by atoms with van der Waals surface area (Å²) in [5.74, 6) is 0.445. The van der Waals surface area contributed by atoms with Gasteiger partial charge in [0.2, 0.25) is 5.88 Å². The number of aryl methyl sites for hydroxylation is 2. The third kappa shape index (κ3) is 5.28. The lowest BCUT2D eigenvalue weighted by Gasteiger charge is -2.04. The predicted octanol–water partition coefficient (Wildman–Crippen LogP) is 6.62. The Kier molecular flexibility index (Phi) is 6.55. The number of hydrogen-bond acceptors (Lipinski definition) is 6. The van der Waals surface area contributed by atoms with Crippen molar-refractivity contribution in [1.29, 1.82) is 0 Å². The van der Waals surface area contributed by atoms with E-state index in [1.54, 1.807) is 23.9 Å². The zero-order chi connectivity index (χ0) is 23.5. The average molecular weight is 460 g/mol. The number of nitrogens with one attached hydrogen (secondary N) is 1. The number of azo groups is 1. The number of amides is 1. The maximum Gasteiger partial charge on any atom is 0.295 e. The zero-order valence-electron chi connectivity index (χ0n) is 19.0. The van der Waals surface area contributed by atoms with Crippen molar-refractivity contribution in [1.82, 2.24) is 15.0 Å². The van der Waals surface area contributed by atoms with Crippen LogP contribution >= 0.6 is 11.8 Å². The summed E-state index contributed by atoms with van der Waals surface area (Å²) in [6.45, 7) is 8.09. The highest BCUT2D eigenvalue weighted by molar-refractivity contribution is 7.98. The Morgan fingerprint density at radius 1 is 1.06 bits per heavy atom. The highest BCUT2D eigenvalue weighted by Gasteiger charge is 2.13. The molecule has 2 aromatic heterocycles. The number of nitrogens with zero attached hydrogens (tertiary/aromatic N) is 4. The van der Waals surface area contributed by atoms with Crippen molar-refractivity contribution in [2.75, 3.05) is 0 Å². The van der Waals surface area contributed by atoms with Crippen LogP contribution in [0.1, 0.15) is 52.6 Å². The molecule has 0 fully saturated rings. The summed E-state index contributed by atoms with van der Waals surface area (Å²) >= 11 is 1.55. The normalized spacial score (nSPS) is 11.7. The van der Waals surface area contributed by atoms with Gasteiger partial charge in [0.25, 0.3) is 5.91 Å². The fourth-order valence-electron chi connectivity index (χ4n) is 3.44. The Hall–Kier alpha value is -3.52. The van der Waals surface area contributed by atoms with E-state index in [2.05, 4.69) is 39.0 Å². The van der Waals surface area contributed by atoms with Gasteiger partial charge in [0.15, 0.2) is 10.8 Å². The van der Waals surface area contributed by atoms with E-state index in [1.807, 2.05) is 50.2 Å². The molecule has 7 nitrogen and oxygen atoms in total. The number of fused-ring (bicyclic) bond motifs is 1. The van der Waals surface area contributed by atoms with Crippen molar-refractivity contribution >= 4 is 34.3 Å². The van der Waals surface area contributed by atoms with Gasteiger partial charge in [-0.05, 0) is 61.2 Å². The van der Waals surface area contributed by atoms with E-state index in [1.165, 1.54) is 0 Å². The summed E-state index contributed by atoms with van der Waals surface area (Å²) in [6.07, 6.45) is 0. The molecule has 0 aliphatic rings. The third-order valence-corrected chi connectivity index (χ3v) is 6.13. The summed E-state index contributed by atoms with van der Waals surface area (Å²) in [4.78, 5) is 24.3. The molecule has 0 radical (unpaired) electrons. The molecule has 0 aliphatic carbocycles. The van der Waals surface area contributed by atoms with Gasteiger partial charge in [-0.15, -0.1) is 10.2 Å². The van der Waals surface area contributed by atoms with Crippen molar-refractivity contribution in [2.24, 2.45) is 10.2 Å². The van der Waals surface area contributed by atoms with Crippen LogP contribution in [0.5, 0.6) is 5.88 Å². The second-order valence-electron chi connectivity index (χ2n) is 8.21. The van der Waals surface area contributed by atoms with Crippen molar-refractivity contribution in [3.8, 4) is 5.88 Å². The standard InChI is InChI=1S/C25H25N5O2S/c1-14(2)19-9-10-21-20(12-19)22(24(32)28-21)29-30-23(31)18-7-5-17(6-8-18)13-33-25-26-15(3)11-16(4)27-25/h5-12,14,28,32H,13H2,1-4H3. The smallest absolute Gasteiger partial charge is 0.295 e. The minimum atomic E-state index is -0.472. The van der Waals surface area contributed by atoms with Gasteiger partial charge in [0.05, 0.1) is 5.52 Å². The second kappa shape index (κ2) is 9.54. The molecular weight excluding hydrogens is 434 g/mol. The van der Waals surface area contributed by atoms with Gasteiger partial charge in [0.1, 0.15) is 0 Å². The van der Waals surface area contributed by atoms with E-state index in [-0.39, 0.29) is 11.6 Å². The fraction of sp³-hybridized carbons (Fsp3) is 0.240. The minimum Gasteiger partial charge on any atom is -0.493 e. The number of carbonyl (C=O) groups excluding carboxylic acids is 1. The number of aromatic hydroxyl groups is 1. The van der Waals surface area contributed by atoms with E-state index < -0.39 is 5.91 Å². The molecule has 0 bridgehead atoms. The van der Waals surface area contributed by atoms with E-state index >= 15 is 0 Å². The first-order valence-corrected chi connectivity index (χ1v) is 11.6. The van der Waals surface area contributed by atoms with Gasteiger partial charge in [-0.3, -0.25) is 4.79 Å². The number of H-pyrrole nitrogens is 1. The maximum atomic E-state index is 12.6. The van der Waals surface area contributed by atoms with E-state index in [4.69, 9.17) is 0 Å². The predicted molar refractivity (Wildman–Crippen MR) is 130 cm³/mol. The number of aromatic nitrogens is 3. The van der Waals surface area contributed by atoms with Crippen LogP contribution in [0.15, 0.2) is 63.9 Å². The average Bonchev–Trinajstić information content (AvgIpc) is 3.09. The Labute approximate surface area is 196 Å². The van der Waals surface area contributed by atoms with Gasteiger partial charge >= 0.3 is 0 Å². The molecule has 8 heteroatoms. The lowest BCUT2D eigenvalue weighted by Crippen LogP contribution is -1.95. The summed E-state index contributed by atoms with van der Waals surface area (Å²) < 4.78 is 0. The van der Waals surface area contributed by atoms with Gasteiger partial charge < -0.3 is 10.1 Å². The number of aromatic amines is 1. The number of thioether (sulfide) groups is 1. The van der Waals surface area contributed by atoms with Crippen molar-refractivity contribution in [3.05, 3.63) is 76.6 Å².